The van der Waals surface area contributed by atoms with Crippen molar-refractivity contribution in [3.63, 3.8) is 0 Å². The van der Waals surface area contributed by atoms with Crippen LogP contribution >= 0.6 is 15.9 Å². The first-order valence-corrected chi connectivity index (χ1v) is 7.72. The zero-order valence-electron chi connectivity index (χ0n) is 12.6. The molecular formula is C16H17BrN4O2. The fourth-order valence-electron chi connectivity index (χ4n) is 2.02. The van der Waals surface area contributed by atoms with Gasteiger partial charge in [-0.05, 0) is 52.8 Å². The number of halogens is 1. The number of amides is 2. The molecule has 2 amide bonds. The van der Waals surface area contributed by atoms with E-state index in [9.17, 15) is 9.59 Å². The number of nitrogens with two attached hydrogens (primary N) is 1. The number of benzene rings is 1. The van der Waals surface area contributed by atoms with Crippen molar-refractivity contribution in [2.45, 2.75) is 6.54 Å². The van der Waals surface area contributed by atoms with Crippen molar-refractivity contribution in [2.24, 2.45) is 5.73 Å². The van der Waals surface area contributed by atoms with E-state index >= 15 is 0 Å². The van der Waals surface area contributed by atoms with Crippen LogP contribution in [0.1, 0.15) is 15.9 Å². The van der Waals surface area contributed by atoms with Crippen LogP contribution in [0.5, 0.6) is 0 Å². The van der Waals surface area contributed by atoms with Crippen molar-refractivity contribution in [3.05, 3.63) is 58.2 Å². The largest absolute Gasteiger partial charge is 0.366 e. The minimum Gasteiger partial charge on any atom is -0.366 e. The second-order valence-corrected chi connectivity index (χ2v) is 6.06. The molecule has 0 unspecified atom stereocenters. The van der Waals surface area contributed by atoms with Crippen LogP contribution in [0, 0.1) is 0 Å². The van der Waals surface area contributed by atoms with E-state index < -0.39 is 5.91 Å². The third kappa shape index (κ3) is 5.46. The second kappa shape index (κ2) is 7.85. The van der Waals surface area contributed by atoms with Gasteiger partial charge in [-0.3, -0.25) is 14.5 Å². The maximum Gasteiger partial charge on any atom is 0.248 e. The fraction of sp³-hybridized carbons (Fsp3) is 0.188. The van der Waals surface area contributed by atoms with Gasteiger partial charge in [-0.25, -0.2) is 4.98 Å². The van der Waals surface area contributed by atoms with Gasteiger partial charge in [-0.1, -0.05) is 12.1 Å². The molecule has 0 fully saturated rings. The molecule has 6 nitrogen and oxygen atoms in total. The number of nitrogens with one attached hydrogen (secondary N) is 1. The molecule has 0 spiro atoms. The first-order valence-electron chi connectivity index (χ1n) is 6.93. The average molecular weight is 377 g/mol. The summed E-state index contributed by atoms with van der Waals surface area (Å²) in [5.41, 5.74) is 6.66. The minimum absolute atomic E-state index is 0.143. The van der Waals surface area contributed by atoms with Crippen molar-refractivity contribution in [1.82, 2.24) is 9.88 Å². The smallest absolute Gasteiger partial charge is 0.248 e. The van der Waals surface area contributed by atoms with Crippen molar-refractivity contribution < 1.29 is 9.59 Å². The monoisotopic (exact) mass is 376 g/mol. The first-order chi connectivity index (χ1) is 10.9. The normalized spacial score (nSPS) is 10.6. The highest BCUT2D eigenvalue weighted by molar-refractivity contribution is 9.10. The predicted molar refractivity (Wildman–Crippen MR) is 91.9 cm³/mol. The van der Waals surface area contributed by atoms with Crippen molar-refractivity contribution in [1.29, 1.82) is 0 Å². The van der Waals surface area contributed by atoms with Crippen LogP contribution < -0.4 is 11.1 Å². The number of anilines is 1. The SMILES string of the molecule is CN(CC(=O)Nc1ccc(Br)cn1)Cc1ccc(C(N)=O)cc1. The number of primary amides is 1. The number of rotatable bonds is 6. The van der Waals surface area contributed by atoms with Gasteiger partial charge in [0.2, 0.25) is 11.8 Å². The molecule has 0 aliphatic carbocycles. The molecule has 23 heavy (non-hydrogen) atoms. The molecule has 120 valence electrons. The van der Waals surface area contributed by atoms with E-state index in [0.29, 0.717) is 17.9 Å². The Morgan fingerprint density at radius 1 is 1.22 bits per heavy atom. The highest BCUT2D eigenvalue weighted by Gasteiger charge is 2.09. The third-order valence-corrected chi connectivity index (χ3v) is 3.57. The summed E-state index contributed by atoms with van der Waals surface area (Å²) in [5.74, 6) is -0.0835. The maximum absolute atomic E-state index is 12.0. The Hall–Kier alpha value is -2.25. The Morgan fingerprint density at radius 3 is 2.48 bits per heavy atom. The average Bonchev–Trinajstić information content (AvgIpc) is 2.50. The Morgan fingerprint density at radius 2 is 1.91 bits per heavy atom. The quantitative estimate of drug-likeness (QED) is 0.806. The number of carbonyl (C=O) groups excluding carboxylic acids is 2. The van der Waals surface area contributed by atoms with Crippen molar-refractivity contribution >= 4 is 33.6 Å². The van der Waals surface area contributed by atoms with E-state index in [0.717, 1.165) is 10.0 Å². The summed E-state index contributed by atoms with van der Waals surface area (Å²) in [6.07, 6.45) is 1.62. The van der Waals surface area contributed by atoms with Crippen LogP contribution in [0.3, 0.4) is 0 Å². The highest BCUT2D eigenvalue weighted by atomic mass is 79.9. The summed E-state index contributed by atoms with van der Waals surface area (Å²) in [4.78, 5) is 29.0. The van der Waals surface area contributed by atoms with E-state index in [1.807, 2.05) is 30.1 Å². The molecule has 1 heterocycles. The highest BCUT2D eigenvalue weighted by Crippen LogP contribution is 2.11. The fourth-order valence-corrected chi connectivity index (χ4v) is 2.25. The van der Waals surface area contributed by atoms with E-state index in [1.165, 1.54) is 0 Å². The van der Waals surface area contributed by atoms with Gasteiger partial charge in [0.05, 0.1) is 6.54 Å². The lowest BCUT2D eigenvalue weighted by Gasteiger charge is -2.16. The molecule has 0 bridgehead atoms. The Bertz CT molecular complexity index is 686. The number of hydrogen-bond acceptors (Lipinski definition) is 4. The van der Waals surface area contributed by atoms with Gasteiger partial charge in [0.1, 0.15) is 5.82 Å². The number of hydrogen-bond donors (Lipinski definition) is 2. The Kier molecular flexibility index (Phi) is 5.84. The lowest BCUT2D eigenvalue weighted by Crippen LogP contribution is -2.30. The summed E-state index contributed by atoms with van der Waals surface area (Å²) in [6.45, 7) is 0.815. The van der Waals surface area contributed by atoms with Gasteiger partial charge < -0.3 is 11.1 Å². The van der Waals surface area contributed by atoms with Gasteiger partial charge >= 0.3 is 0 Å². The molecular weight excluding hydrogens is 360 g/mol. The Balaban J connectivity index is 1.86. The van der Waals surface area contributed by atoms with Gasteiger partial charge in [0, 0.05) is 22.8 Å². The van der Waals surface area contributed by atoms with Gasteiger partial charge in [0.25, 0.3) is 0 Å². The molecule has 1 aromatic heterocycles. The summed E-state index contributed by atoms with van der Waals surface area (Å²) in [5, 5.41) is 2.74. The number of carbonyl (C=O) groups is 2. The van der Waals surface area contributed by atoms with Gasteiger partial charge in [0.15, 0.2) is 0 Å². The van der Waals surface area contributed by atoms with Crippen LogP contribution in [-0.4, -0.2) is 35.3 Å². The molecule has 0 saturated heterocycles. The summed E-state index contributed by atoms with van der Waals surface area (Å²) < 4.78 is 0.854. The van der Waals surface area contributed by atoms with Gasteiger partial charge in [-0.2, -0.15) is 0 Å². The zero-order chi connectivity index (χ0) is 16.8. The van der Waals surface area contributed by atoms with Crippen LogP contribution in [0.15, 0.2) is 47.1 Å². The number of nitrogens with zero attached hydrogens (tertiary/aromatic N) is 2. The molecule has 2 aromatic rings. The first kappa shape index (κ1) is 17.1. The van der Waals surface area contributed by atoms with E-state index in [-0.39, 0.29) is 12.5 Å². The van der Waals surface area contributed by atoms with Crippen LogP contribution in [0.2, 0.25) is 0 Å². The van der Waals surface area contributed by atoms with Crippen LogP contribution in [0.25, 0.3) is 0 Å². The summed E-state index contributed by atoms with van der Waals surface area (Å²) >= 11 is 3.29. The molecule has 0 saturated carbocycles. The van der Waals surface area contributed by atoms with Crippen molar-refractivity contribution in [3.8, 4) is 0 Å². The maximum atomic E-state index is 12.0. The molecule has 0 radical (unpaired) electrons. The summed E-state index contributed by atoms with van der Waals surface area (Å²) in [6, 6.07) is 10.5. The molecule has 0 aliphatic rings. The predicted octanol–water partition coefficient (Wildman–Crippen LogP) is 2.01. The zero-order valence-corrected chi connectivity index (χ0v) is 14.2. The molecule has 7 heteroatoms. The van der Waals surface area contributed by atoms with Crippen LogP contribution in [-0.2, 0) is 11.3 Å². The molecule has 2 rings (SSSR count). The minimum atomic E-state index is -0.453. The number of pyridine rings is 1. The molecule has 0 aliphatic heterocycles. The third-order valence-electron chi connectivity index (χ3n) is 3.10. The number of aromatic nitrogens is 1. The van der Waals surface area contributed by atoms with Crippen molar-refractivity contribution in [2.75, 3.05) is 18.9 Å². The molecule has 1 aromatic carbocycles. The second-order valence-electron chi connectivity index (χ2n) is 5.14. The number of likely N-dealkylation sites (N-methyl/N-ethyl adjacent to an activating group) is 1. The van der Waals surface area contributed by atoms with Crippen LogP contribution in [0.4, 0.5) is 5.82 Å². The van der Waals surface area contributed by atoms with E-state index in [4.69, 9.17) is 5.73 Å². The summed E-state index contributed by atoms with van der Waals surface area (Å²) in [7, 11) is 1.84. The molecule has 0 atom stereocenters. The Labute approximate surface area is 142 Å². The standard InChI is InChI=1S/C16H17BrN4O2/c1-21(9-11-2-4-12(5-3-11)16(18)23)10-15(22)20-14-7-6-13(17)8-19-14/h2-8H,9-10H2,1H3,(H2,18,23)(H,19,20,22). The molecule has 3 N–H and O–H groups in total. The lowest BCUT2D eigenvalue weighted by atomic mass is 10.1. The van der Waals surface area contributed by atoms with E-state index in [1.54, 1.807) is 24.4 Å². The topological polar surface area (TPSA) is 88.3 Å². The van der Waals surface area contributed by atoms with E-state index in [2.05, 4.69) is 26.2 Å². The lowest BCUT2D eigenvalue weighted by molar-refractivity contribution is -0.117. The van der Waals surface area contributed by atoms with Gasteiger partial charge in [-0.15, -0.1) is 0 Å².